The maximum atomic E-state index is 13.4. The highest BCUT2D eigenvalue weighted by Crippen LogP contribution is 2.30. The molecule has 2 unspecified atom stereocenters. The van der Waals surface area contributed by atoms with Crippen LogP contribution in [0, 0.1) is 6.92 Å². The van der Waals surface area contributed by atoms with Gasteiger partial charge in [0.25, 0.3) is 5.91 Å². The standard InChI is InChI=1S/C22H24N2O2/c1-15-6-8-16(9-7-15)21(25)19-4-2-3-5-20(19)22(26)24-17-10-11-18(24)14-23-13-12-17/h2-9,17-18,23H,10-14H2,1H3. The number of amides is 1. The molecule has 1 N–H and O–H groups in total. The van der Waals surface area contributed by atoms with Gasteiger partial charge in [-0.1, -0.05) is 48.0 Å². The second-order valence-electron chi connectivity index (χ2n) is 7.33. The Kier molecular flexibility index (Phi) is 4.60. The van der Waals surface area contributed by atoms with E-state index in [9.17, 15) is 9.59 Å². The minimum absolute atomic E-state index is 0.00254. The number of aryl methyl sites for hydroxylation is 1. The Balaban J connectivity index is 1.68. The number of carbonyl (C=O) groups excluding carboxylic acids is 2. The molecular formula is C22H24N2O2. The summed E-state index contributed by atoms with van der Waals surface area (Å²) in [4.78, 5) is 28.4. The van der Waals surface area contributed by atoms with E-state index in [1.165, 1.54) is 0 Å². The lowest BCUT2D eigenvalue weighted by Crippen LogP contribution is -2.43. The van der Waals surface area contributed by atoms with Crippen molar-refractivity contribution >= 4 is 11.7 Å². The Labute approximate surface area is 154 Å². The third-order valence-corrected chi connectivity index (χ3v) is 5.60. The molecular weight excluding hydrogens is 324 g/mol. The van der Waals surface area contributed by atoms with E-state index < -0.39 is 0 Å². The molecule has 4 rings (SSSR count). The number of benzene rings is 2. The molecule has 2 heterocycles. The van der Waals surface area contributed by atoms with Gasteiger partial charge in [0.05, 0.1) is 5.56 Å². The molecule has 0 spiro atoms. The number of ketones is 1. The average molecular weight is 348 g/mol. The van der Waals surface area contributed by atoms with Gasteiger partial charge in [-0.3, -0.25) is 9.59 Å². The summed E-state index contributed by atoms with van der Waals surface area (Å²) in [5.41, 5.74) is 2.76. The maximum absolute atomic E-state index is 13.4. The van der Waals surface area contributed by atoms with Crippen molar-refractivity contribution in [1.82, 2.24) is 10.2 Å². The van der Waals surface area contributed by atoms with Gasteiger partial charge in [0.2, 0.25) is 0 Å². The van der Waals surface area contributed by atoms with Crippen molar-refractivity contribution in [1.29, 1.82) is 0 Å². The van der Waals surface area contributed by atoms with Crippen molar-refractivity contribution in [2.75, 3.05) is 13.1 Å². The topological polar surface area (TPSA) is 49.4 Å². The maximum Gasteiger partial charge on any atom is 0.255 e. The van der Waals surface area contributed by atoms with Crippen LogP contribution in [0.3, 0.4) is 0 Å². The van der Waals surface area contributed by atoms with Gasteiger partial charge in [0.15, 0.2) is 5.78 Å². The molecule has 2 saturated heterocycles. The third kappa shape index (κ3) is 3.06. The van der Waals surface area contributed by atoms with Crippen molar-refractivity contribution in [3.63, 3.8) is 0 Å². The largest absolute Gasteiger partial charge is 0.331 e. The van der Waals surface area contributed by atoms with Crippen molar-refractivity contribution in [3.8, 4) is 0 Å². The molecule has 2 aromatic carbocycles. The Morgan fingerprint density at radius 2 is 1.62 bits per heavy atom. The van der Waals surface area contributed by atoms with Crippen molar-refractivity contribution in [2.45, 2.75) is 38.3 Å². The SMILES string of the molecule is Cc1ccc(C(=O)c2ccccc2C(=O)N2C3CCNCC2CC3)cc1. The van der Waals surface area contributed by atoms with E-state index in [2.05, 4.69) is 5.32 Å². The van der Waals surface area contributed by atoms with E-state index in [-0.39, 0.29) is 23.8 Å². The first-order valence-corrected chi connectivity index (χ1v) is 9.39. The predicted octanol–water partition coefficient (Wildman–Crippen LogP) is 3.19. The molecule has 4 nitrogen and oxygen atoms in total. The van der Waals surface area contributed by atoms with Gasteiger partial charge in [-0.2, -0.15) is 0 Å². The van der Waals surface area contributed by atoms with Crippen LogP contribution in [0.1, 0.15) is 51.1 Å². The van der Waals surface area contributed by atoms with Gasteiger partial charge in [-0.05, 0) is 38.8 Å². The van der Waals surface area contributed by atoms with Crippen LogP contribution in [0.15, 0.2) is 48.5 Å². The fraction of sp³-hybridized carbons (Fsp3) is 0.364. The van der Waals surface area contributed by atoms with Crippen molar-refractivity contribution < 1.29 is 9.59 Å². The number of nitrogens with one attached hydrogen (secondary N) is 1. The highest BCUT2D eigenvalue weighted by Gasteiger charge is 2.39. The molecule has 0 aromatic heterocycles. The molecule has 26 heavy (non-hydrogen) atoms. The summed E-state index contributed by atoms with van der Waals surface area (Å²) in [6, 6.07) is 15.3. The molecule has 0 radical (unpaired) electrons. The zero-order chi connectivity index (χ0) is 18.1. The van der Waals surface area contributed by atoms with Crippen LogP contribution in [-0.2, 0) is 0 Å². The highest BCUT2D eigenvalue weighted by molar-refractivity contribution is 6.15. The van der Waals surface area contributed by atoms with Crippen LogP contribution in [0.5, 0.6) is 0 Å². The number of carbonyl (C=O) groups is 2. The summed E-state index contributed by atoms with van der Waals surface area (Å²) in [5.74, 6) is -0.0912. The van der Waals surface area contributed by atoms with Crippen LogP contribution in [0.25, 0.3) is 0 Å². The van der Waals surface area contributed by atoms with Crippen LogP contribution >= 0.6 is 0 Å². The van der Waals surface area contributed by atoms with E-state index in [4.69, 9.17) is 0 Å². The van der Waals surface area contributed by atoms with Crippen LogP contribution in [-0.4, -0.2) is 41.8 Å². The molecule has 2 aromatic rings. The third-order valence-electron chi connectivity index (χ3n) is 5.60. The second kappa shape index (κ2) is 7.04. The smallest absolute Gasteiger partial charge is 0.255 e. The van der Waals surface area contributed by atoms with Gasteiger partial charge in [0, 0.05) is 29.8 Å². The number of nitrogens with zero attached hydrogens (tertiary/aromatic N) is 1. The molecule has 1 amide bonds. The van der Waals surface area contributed by atoms with E-state index in [0.29, 0.717) is 16.7 Å². The van der Waals surface area contributed by atoms with E-state index >= 15 is 0 Å². The molecule has 0 saturated carbocycles. The lowest BCUT2D eigenvalue weighted by molar-refractivity contribution is 0.0676. The molecule has 4 heteroatoms. The normalized spacial score (nSPS) is 22.1. The first-order valence-electron chi connectivity index (χ1n) is 9.39. The van der Waals surface area contributed by atoms with Gasteiger partial charge < -0.3 is 10.2 Å². The summed E-state index contributed by atoms with van der Waals surface area (Å²) in [6.07, 6.45) is 3.08. The highest BCUT2D eigenvalue weighted by atomic mass is 16.2. The average Bonchev–Trinajstić information content (AvgIpc) is 2.94. The summed E-state index contributed by atoms with van der Waals surface area (Å²) in [7, 11) is 0. The molecule has 2 atom stereocenters. The molecule has 2 bridgehead atoms. The van der Waals surface area contributed by atoms with Crippen molar-refractivity contribution in [3.05, 3.63) is 70.8 Å². The monoisotopic (exact) mass is 348 g/mol. The summed E-state index contributed by atoms with van der Waals surface area (Å²) < 4.78 is 0. The lowest BCUT2D eigenvalue weighted by Gasteiger charge is -2.28. The zero-order valence-corrected chi connectivity index (χ0v) is 15.1. The van der Waals surface area contributed by atoms with Gasteiger partial charge >= 0.3 is 0 Å². The quantitative estimate of drug-likeness (QED) is 0.867. The first-order chi connectivity index (χ1) is 12.6. The Bertz CT molecular complexity index is 814. The number of fused-ring (bicyclic) bond motifs is 2. The minimum atomic E-state index is -0.0887. The van der Waals surface area contributed by atoms with E-state index in [0.717, 1.165) is 37.9 Å². The molecule has 0 aliphatic carbocycles. The number of hydrogen-bond donors (Lipinski definition) is 1. The van der Waals surface area contributed by atoms with Crippen LogP contribution < -0.4 is 5.32 Å². The van der Waals surface area contributed by atoms with E-state index in [1.807, 2.05) is 48.2 Å². The Hall–Kier alpha value is -2.46. The molecule has 134 valence electrons. The van der Waals surface area contributed by atoms with Gasteiger partial charge in [0.1, 0.15) is 0 Å². The summed E-state index contributed by atoms with van der Waals surface area (Å²) >= 11 is 0. The summed E-state index contributed by atoms with van der Waals surface area (Å²) in [6.45, 7) is 3.79. The Morgan fingerprint density at radius 3 is 2.38 bits per heavy atom. The zero-order valence-electron chi connectivity index (χ0n) is 15.1. The predicted molar refractivity (Wildman–Crippen MR) is 102 cm³/mol. The second-order valence-corrected chi connectivity index (χ2v) is 7.33. The Morgan fingerprint density at radius 1 is 0.923 bits per heavy atom. The fourth-order valence-corrected chi connectivity index (χ4v) is 4.18. The molecule has 2 aliphatic heterocycles. The van der Waals surface area contributed by atoms with Crippen LogP contribution in [0.2, 0.25) is 0 Å². The van der Waals surface area contributed by atoms with E-state index in [1.54, 1.807) is 12.1 Å². The summed E-state index contributed by atoms with van der Waals surface area (Å²) in [5, 5.41) is 3.42. The number of rotatable bonds is 3. The minimum Gasteiger partial charge on any atom is -0.331 e. The lowest BCUT2D eigenvalue weighted by atomic mass is 9.96. The first kappa shape index (κ1) is 17.0. The van der Waals surface area contributed by atoms with Crippen LogP contribution in [0.4, 0.5) is 0 Å². The van der Waals surface area contributed by atoms with Crippen molar-refractivity contribution in [2.24, 2.45) is 0 Å². The number of hydrogen-bond acceptors (Lipinski definition) is 3. The molecule has 2 aliphatic rings. The fourth-order valence-electron chi connectivity index (χ4n) is 4.18. The molecule has 2 fully saturated rings. The van der Waals surface area contributed by atoms with Gasteiger partial charge in [-0.25, -0.2) is 0 Å². The van der Waals surface area contributed by atoms with Gasteiger partial charge in [-0.15, -0.1) is 0 Å².